The van der Waals surface area contributed by atoms with Gasteiger partial charge in [0, 0.05) is 12.6 Å². The number of carboxylic acid groups (broad SMARTS) is 1. The molecule has 0 unspecified atom stereocenters. The highest BCUT2D eigenvalue weighted by Crippen LogP contribution is 2.16. The van der Waals surface area contributed by atoms with Crippen molar-refractivity contribution in [2.75, 3.05) is 11.4 Å². The lowest BCUT2D eigenvalue weighted by atomic mass is 10.1. The Balaban J connectivity index is 2.14. The smallest absolute Gasteiger partial charge is 0.305 e. The van der Waals surface area contributed by atoms with Gasteiger partial charge in [-0.05, 0) is 12.5 Å². The van der Waals surface area contributed by atoms with Crippen molar-refractivity contribution in [3.8, 4) is 0 Å². The number of amides is 1. The summed E-state index contributed by atoms with van der Waals surface area (Å²) >= 11 is 0. The molecule has 1 heterocycles. The van der Waals surface area contributed by atoms with Crippen molar-refractivity contribution >= 4 is 17.7 Å². The van der Waals surface area contributed by atoms with E-state index in [0.717, 1.165) is 5.56 Å². The molecule has 2 aromatic rings. The molecule has 6 heteroatoms. The van der Waals surface area contributed by atoms with Crippen LogP contribution in [0.25, 0.3) is 0 Å². The van der Waals surface area contributed by atoms with Crippen LogP contribution in [0.1, 0.15) is 17.7 Å². The maximum atomic E-state index is 12.4. The highest BCUT2D eigenvalue weighted by atomic mass is 16.5. The summed E-state index contributed by atoms with van der Waals surface area (Å²) in [5.41, 5.74) is 0.864. The summed E-state index contributed by atoms with van der Waals surface area (Å²) in [5.74, 6) is -0.268. The molecule has 1 amide bonds. The molecule has 1 aromatic carbocycles. The third-order valence-electron chi connectivity index (χ3n) is 2.94. The Bertz CT molecular complexity index is 622. The van der Waals surface area contributed by atoms with E-state index in [1.54, 1.807) is 13.0 Å². The van der Waals surface area contributed by atoms with Crippen molar-refractivity contribution in [2.45, 2.75) is 19.8 Å². The van der Waals surface area contributed by atoms with Gasteiger partial charge in [-0.25, -0.2) is 0 Å². The van der Waals surface area contributed by atoms with Crippen LogP contribution in [-0.4, -0.2) is 28.7 Å². The fourth-order valence-corrected chi connectivity index (χ4v) is 1.92. The number of carbonyl (C=O) groups excluding carboxylic acids is 1. The maximum Gasteiger partial charge on any atom is 0.305 e. The van der Waals surface area contributed by atoms with E-state index in [1.807, 2.05) is 30.3 Å². The number of aromatic nitrogens is 1. The normalized spacial score (nSPS) is 10.3. The molecule has 0 bridgehead atoms. The zero-order valence-electron chi connectivity index (χ0n) is 11.7. The third-order valence-corrected chi connectivity index (χ3v) is 2.94. The Morgan fingerprint density at radius 3 is 2.57 bits per heavy atom. The van der Waals surface area contributed by atoms with Gasteiger partial charge in [-0.2, -0.15) is 0 Å². The minimum atomic E-state index is -0.965. The van der Waals surface area contributed by atoms with Crippen LogP contribution in [0, 0.1) is 6.92 Å². The van der Waals surface area contributed by atoms with E-state index in [4.69, 9.17) is 9.63 Å². The first-order valence-electron chi connectivity index (χ1n) is 6.55. The number of carbonyl (C=O) groups is 2. The van der Waals surface area contributed by atoms with Crippen LogP contribution < -0.4 is 4.90 Å². The Labute approximate surface area is 122 Å². The molecule has 0 saturated carbocycles. The molecule has 2 rings (SSSR count). The summed E-state index contributed by atoms with van der Waals surface area (Å²) in [5, 5.41) is 12.6. The minimum absolute atomic E-state index is 0.0625. The predicted octanol–water partition coefficient (Wildman–Crippen LogP) is 2.03. The van der Waals surface area contributed by atoms with Crippen molar-refractivity contribution in [2.24, 2.45) is 0 Å². The average Bonchev–Trinajstić information content (AvgIpc) is 2.86. The maximum absolute atomic E-state index is 12.4. The molecule has 0 aliphatic rings. The summed E-state index contributed by atoms with van der Waals surface area (Å²) < 4.78 is 4.96. The molecule has 6 nitrogen and oxygen atoms in total. The molecule has 0 saturated heterocycles. The second-order valence-corrected chi connectivity index (χ2v) is 4.65. The van der Waals surface area contributed by atoms with Gasteiger partial charge >= 0.3 is 5.97 Å². The number of benzene rings is 1. The number of rotatable bonds is 6. The zero-order valence-corrected chi connectivity index (χ0v) is 11.7. The number of hydrogen-bond donors (Lipinski definition) is 1. The molecule has 0 aliphatic heterocycles. The molecule has 21 heavy (non-hydrogen) atoms. The van der Waals surface area contributed by atoms with Crippen LogP contribution in [0.15, 0.2) is 40.9 Å². The van der Waals surface area contributed by atoms with Gasteiger partial charge in [0.25, 0.3) is 0 Å². The van der Waals surface area contributed by atoms with Crippen LogP contribution in [0.2, 0.25) is 0 Å². The molecule has 0 atom stereocenters. The number of aryl methyl sites for hydroxylation is 1. The monoisotopic (exact) mass is 288 g/mol. The Hall–Kier alpha value is -2.63. The van der Waals surface area contributed by atoms with Gasteiger partial charge in [-0.3, -0.25) is 14.5 Å². The van der Waals surface area contributed by atoms with E-state index >= 15 is 0 Å². The lowest BCUT2D eigenvalue weighted by Crippen LogP contribution is -2.34. The molecule has 110 valence electrons. The Morgan fingerprint density at radius 1 is 1.29 bits per heavy atom. The van der Waals surface area contributed by atoms with Crippen LogP contribution in [-0.2, 0) is 16.0 Å². The molecular weight excluding hydrogens is 272 g/mol. The standard InChI is InChI=1S/C15H16N2O4/c1-11-9-13(16-21-11)17(8-7-15(19)20)14(18)10-12-5-3-2-4-6-12/h2-6,9H,7-8,10H2,1H3,(H,19,20). The molecule has 0 radical (unpaired) electrons. The van der Waals surface area contributed by atoms with E-state index in [1.165, 1.54) is 4.90 Å². The van der Waals surface area contributed by atoms with Crippen LogP contribution in [0.3, 0.4) is 0 Å². The van der Waals surface area contributed by atoms with Gasteiger partial charge in [0.15, 0.2) is 5.82 Å². The quantitative estimate of drug-likeness (QED) is 0.879. The Kier molecular flexibility index (Phi) is 4.71. The van der Waals surface area contributed by atoms with Gasteiger partial charge in [-0.1, -0.05) is 35.5 Å². The van der Waals surface area contributed by atoms with Crippen LogP contribution in [0.5, 0.6) is 0 Å². The second kappa shape index (κ2) is 6.69. The summed E-state index contributed by atoms with van der Waals surface area (Å²) in [6.07, 6.45) is 0.0405. The van der Waals surface area contributed by atoms with Crippen LogP contribution >= 0.6 is 0 Å². The number of hydrogen-bond acceptors (Lipinski definition) is 4. The molecule has 0 aliphatic carbocycles. The fourth-order valence-electron chi connectivity index (χ4n) is 1.92. The van der Waals surface area contributed by atoms with Crippen LogP contribution in [0.4, 0.5) is 5.82 Å². The molecule has 1 aromatic heterocycles. The fraction of sp³-hybridized carbons (Fsp3) is 0.267. The van der Waals surface area contributed by atoms with Crippen molar-refractivity contribution < 1.29 is 19.2 Å². The largest absolute Gasteiger partial charge is 0.481 e. The van der Waals surface area contributed by atoms with E-state index < -0.39 is 5.97 Å². The first kappa shape index (κ1) is 14.8. The number of aliphatic carboxylic acids is 1. The van der Waals surface area contributed by atoms with E-state index in [9.17, 15) is 9.59 Å². The summed E-state index contributed by atoms with van der Waals surface area (Å²) in [7, 11) is 0. The highest BCUT2D eigenvalue weighted by molar-refractivity contribution is 5.94. The topological polar surface area (TPSA) is 83.6 Å². The molecular formula is C15H16N2O4. The first-order chi connectivity index (χ1) is 10.1. The zero-order chi connectivity index (χ0) is 15.2. The minimum Gasteiger partial charge on any atom is -0.481 e. The van der Waals surface area contributed by atoms with Gasteiger partial charge < -0.3 is 9.63 Å². The SMILES string of the molecule is Cc1cc(N(CCC(=O)O)C(=O)Cc2ccccc2)no1. The van der Waals surface area contributed by atoms with E-state index in [0.29, 0.717) is 11.6 Å². The van der Waals surface area contributed by atoms with Gasteiger partial charge in [0.1, 0.15) is 5.76 Å². The van der Waals surface area contributed by atoms with E-state index in [2.05, 4.69) is 5.16 Å². The molecule has 0 spiro atoms. The second-order valence-electron chi connectivity index (χ2n) is 4.65. The van der Waals surface area contributed by atoms with Gasteiger partial charge in [0.05, 0.1) is 12.8 Å². The molecule has 1 N–H and O–H groups in total. The highest BCUT2D eigenvalue weighted by Gasteiger charge is 2.20. The van der Waals surface area contributed by atoms with Crippen molar-refractivity contribution in [3.63, 3.8) is 0 Å². The van der Waals surface area contributed by atoms with Crippen molar-refractivity contribution in [1.82, 2.24) is 5.16 Å². The number of anilines is 1. The molecule has 0 fully saturated rings. The Morgan fingerprint density at radius 2 is 2.00 bits per heavy atom. The predicted molar refractivity (Wildman–Crippen MR) is 76.0 cm³/mol. The lowest BCUT2D eigenvalue weighted by Gasteiger charge is -2.18. The number of carboxylic acids is 1. The summed E-state index contributed by atoms with van der Waals surface area (Å²) in [4.78, 5) is 24.5. The summed E-state index contributed by atoms with van der Waals surface area (Å²) in [6, 6.07) is 10.9. The third kappa shape index (κ3) is 4.17. The van der Waals surface area contributed by atoms with Crippen molar-refractivity contribution in [3.05, 3.63) is 47.7 Å². The first-order valence-corrected chi connectivity index (χ1v) is 6.55. The van der Waals surface area contributed by atoms with Crippen molar-refractivity contribution in [1.29, 1.82) is 0 Å². The summed E-state index contributed by atoms with van der Waals surface area (Å²) in [6.45, 7) is 1.78. The van der Waals surface area contributed by atoms with Gasteiger partial charge in [-0.15, -0.1) is 0 Å². The lowest BCUT2D eigenvalue weighted by molar-refractivity contribution is -0.136. The van der Waals surface area contributed by atoms with E-state index in [-0.39, 0.29) is 25.3 Å². The average molecular weight is 288 g/mol. The van der Waals surface area contributed by atoms with Gasteiger partial charge in [0.2, 0.25) is 5.91 Å². The number of nitrogens with zero attached hydrogens (tertiary/aromatic N) is 2.